The van der Waals surface area contributed by atoms with Crippen LogP contribution in [0.1, 0.15) is 47.1 Å². The summed E-state index contributed by atoms with van der Waals surface area (Å²) in [5.74, 6) is -0.300. The third-order valence-corrected chi connectivity index (χ3v) is 6.34. The monoisotopic (exact) mass is 393 g/mol. The summed E-state index contributed by atoms with van der Waals surface area (Å²) in [5, 5.41) is 2.80. The lowest BCUT2D eigenvalue weighted by Gasteiger charge is -2.20. The minimum atomic E-state index is -0.857. The molecule has 2 aliphatic rings. The molecule has 1 aliphatic carbocycles. The first kappa shape index (κ1) is 19.4. The van der Waals surface area contributed by atoms with E-state index in [0.29, 0.717) is 5.56 Å². The number of carbonyl (C=O) groups is 3. The van der Waals surface area contributed by atoms with Gasteiger partial charge in [-0.1, -0.05) is 30.3 Å². The number of Topliss-reactive ketones (excluding diaryl/α,β-unsaturated/α-hetero) is 1. The zero-order valence-electron chi connectivity index (χ0n) is 17.2. The molecular weight excluding hydrogens is 366 g/mol. The molecule has 6 nitrogen and oxygen atoms in total. The zero-order valence-corrected chi connectivity index (χ0v) is 17.2. The lowest BCUT2D eigenvalue weighted by molar-refractivity contribution is -0.131. The maximum Gasteiger partial charge on any atom is 0.325 e. The number of hydrogen-bond acceptors (Lipinski definition) is 3. The maximum absolute atomic E-state index is 13.0. The van der Waals surface area contributed by atoms with Crippen LogP contribution in [-0.2, 0) is 17.8 Å². The molecule has 1 aromatic carbocycles. The largest absolute Gasteiger partial charge is 0.348 e. The topological polar surface area (TPSA) is 71.4 Å². The van der Waals surface area contributed by atoms with Gasteiger partial charge in [-0.15, -0.1) is 0 Å². The molecule has 29 heavy (non-hydrogen) atoms. The average Bonchev–Trinajstić information content (AvgIpc) is 3.48. The Kier molecular flexibility index (Phi) is 4.81. The van der Waals surface area contributed by atoms with Crippen LogP contribution in [0.3, 0.4) is 0 Å². The quantitative estimate of drug-likeness (QED) is 0.580. The number of urea groups is 1. The number of hydrogen-bond donors (Lipinski definition) is 1. The Bertz CT molecular complexity index is 975. The summed E-state index contributed by atoms with van der Waals surface area (Å²) in [6.45, 7) is 6.23. The van der Waals surface area contributed by atoms with Gasteiger partial charge in [-0.05, 0) is 57.6 Å². The van der Waals surface area contributed by atoms with E-state index in [-0.39, 0.29) is 24.2 Å². The second-order valence-electron chi connectivity index (χ2n) is 8.39. The van der Waals surface area contributed by atoms with Gasteiger partial charge >= 0.3 is 6.03 Å². The Hall–Kier alpha value is -2.89. The number of ketones is 1. The highest BCUT2D eigenvalue weighted by molar-refractivity contribution is 6.11. The Balaban J connectivity index is 1.48. The van der Waals surface area contributed by atoms with Crippen molar-refractivity contribution in [2.24, 2.45) is 5.92 Å². The summed E-state index contributed by atoms with van der Waals surface area (Å²) in [6.07, 6.45) is 2.75. The van der Waals surface area contributed by atoms with Crippen LogP contribution in [0.5, 0.6) is 0 Å². The smallest absolute Gasteiger partial charge is 0.325 e. The summed E-state index contributed by atoms with van der Waals surface area (Å²) in [5.41, 5.74) is 2.84. The fourth-order valence-electron chi connectivity index (χ4n) is 4.34. The molecule has 0 bridgehead atoms. The van der Waals surface area contributed by atoms with E-state index >= 15 is 0 Å². The number of aryl methyl sites for hydroxylation is 2. The van der Waals surface area contributed by atoms with E-state index in [1.807, 2.05) is 38.1 Å². The summed E-state index contributed by atoms with van der Waals surface area (Å²) in [6, 6.07) is 11.6. The molecule has 1 saturated heterocycles. The van der Waals surface area contributed by atoms with Crippen LogP contribution in [-0.4, -0.2) is 39.3 Å². The van der Waals surface area contributed by atoms with E-state index in [0.717, 1.165) is 42.1 Å². The molecule has 0 unspecified atom stereocenters. The molecule has 1 aromatic heterocycles. The standard InChI is InChI=1S/C23H27N3O3/c1-15-13-19(16(2)25(15)12-11-17-7-5-4-6-8-17)20(27)14-26-21(28)23(3,18-9-10-18)24-22(26)29/h4-8,13,18H,9-12,14H2,1-3H3,(H,24,29)/t23-/m1/s1. The molecule has 3 amide bonds. The molecular formula is C23H27N3O3. The molecule has 1 saturated carbocycles. The van der Waals surface area contributed by atoms with Gasteiger partial charge in [0.2, 0.25) is 0 Å². The molecule has 2 fully saturated rings. The van der Waals surface area contributed by atoms with Gasteiger partial charge in [0, 0.05) is 23.5 Å². The number of benzene rings is 1. The summed E-state index contributed by atoms with van der Waals surface area (Å²) in [7, 11) is 0. The van der Waals surface area contributed by atoms with Crippen molar-refractivity contribution in [2.45, 2.75) is 52.1 Å². The highest BCUT2D eigenvalue weighted by atomic mass is 16.2. The zero-order chi connectivity index (χ0) is 20.8. The molecule has 0 spiro atoms. The van der Waals surface area contributed by atoms with Gasteiger partial charge in [0.15, 0.2) is 5.78 Å². The van der Waals surface area contributed by atoms with E-state index in [9.17, 15) is 14.4 Å². The van der Waals surface area contributed by atoms with Gasteiger partial charge in [0.05, 0.1) is 6.54 Å². The van der Waals surface area contributed by atoms with Crippen molar-refractivity contribution in [1.82, 2.24) is 14.8 Å². The second-order valence-corrected chi connectivity index (χ2v) is 8.39. The number of rotatable bonds is 7. The van der Waals surface area contributed by atoms with Crippen LogP contribution in [0.2, 0.25) is 0 Å². The Labute approximate surface area is 170 Å². The number of carbonyl (C=O) groups excluding carboxylic acids is 3. The first-order chi connectivity index (χ1) is 13.8. The first-order valence-corrected chi connectivity index (χ1v) is 10.2. The molecule has 6 heteroatoms. The molecule has 2 aromatic rings. The third kappa shape index (κ3) is 3.48. The molecule has 2 heterocycles. The SMILES string of the molecule is Cc1cc(C(=O)CN2C(=O)N[C@](C)(C3CC3)C2=O)c(C)n1CCc1ccccc1. The highest BCUT2D eigenvalue weighted by Gasteiger charge is 2.56. The van der Waals surface area contributed by atoms with E-state index in [1.165, 1.54) is 5.56 Å². The van der Waals surface area contributed by atoms with Gasteiger partial charge in [-0.25, -0.2) is 4.79 Å². The van der Waals surface area contributed by atoms with Crippen LogP contribution in [0.4, 0.5) is 4.79 Å². The van der Waals surface area contributed by atoms with Crippen molar-refractivity contribution >= 4 is 17.7 Å². The molecule has 0 radical (unpaired) electrons. The minimum absolute atomic E-state index is 0.183. The predicted octanol–water partition coefficient (Wildman–Crippen LogP) is 3.25. The number of nitrogens with zero attached hydrogens (tertiary/aromatic N) is 2. The lowest BCUT2D eigenvalue weighted by atomic mass is 9.96. The van der Waals surface area contributed by atoms with E-state index < -0.39 is 11.6 Å². The third-order valence-electron chi connectivity index (χ3n) is 6.34. The Morgan fingerprint density at radius 2 is 1.86 bits per heavy atom. The van der Waals surface area contributed by atoms with Gasteiger partial charge in [-0.3, -0.25) is 14.5 Å². The number of aromatic nitrogens is 1. The fraction of sp³-hybridized carbons (Fsp3) is 0.435. The maximum atomic E-state index is 13.0. The normalized spacial score (nSPS) is 21.6. The van der Waals surface area contributed by atoms with Gasteiger partial charge in [0.25, 0.3) is 5.91 Å². The van der Waals surface area contributed by atoms with Crippen molar-refractivity contribution < 1.29 is 14.4 Å². The van der Waals surface area contributed by atoms with Crippen LogP contribution in [0.25, 0.3) is 0 Å². The van der Waals surface area contributed by atoms with Crippen molar-refractivity contribution in [1.29, 1.82) is 0 Å². The van der Waals surface area contributed by atoms with E-state index in [1.54, 1.807) is 6.92 Å². The van der Waals surface area contributed by atoms with Crippen molar-refractivity contribution in [3.05, 3.63) is 58.9 Å². The van der Waals surface area contributed by atoms with Crippen molar-refractivity contribution in [3.63, 3.8) is 0 Å². The van der Waals surface area contributed by atoms with Crippen molar-refractivity contribution in [2.75, 3.05) is 6.54 Å². The van der Waals surface area contributed by atoms with E-state index in [2.05, 4.69) is 22.0 Å². The van der Waals surface area contributed by atoms with E-state index in [4.69, 9.17) is 0 Å². The summed E-state index contributed by atoms with van der Waals surface area (Å²) in [4.78, 5) is 39.2. The molecule has 1 atom stereocenters. The highest BCUT2D eigenvalue weighted by Crippen LogP contribution is 2.42. The van der Waals surface area contributed by atoms with Crippen LogP contribution in [0.15, 0.2) is 36.4 Å². The number of nitrogens with one attached hydrogen (secondary N) is 1. The Morgan fingerprint density at radius 3 is 2.52 bits per heavy atom. The van der Waals surface area contributed by atoms with Gasteiger partial charge in [0.1, 0.15) is 5.54 Å². The van der Waals surface area contributed by atoms with Crippen LogP contribution < -0.4 is 5.32 Å². The van der Waals surface area contributed by atoms with Crippen molar-refractivity contribution in [3.8, 4) is 0 Å². The van der Waals surface area contributed by atoms with Crippen LogP contribution in [0, 0.1) is 19.8 Å². The average molecular weight is 393 g/mol. The summed E-state index contributed by atoms with van der Waals surface area (Å²) < 4.78 is 2.13. The van der Waals surface area contributed by atoms with Gasteiger partial charge < -0.3 is 9.88 Å². The number of imide groups is 1. The number of amides is 3. The fourth-order valence-corrected chi connectivity index (χ4v) is 4.34. The molecule has 1 aliphatic heterocycles. The lowest BCUT2D eigenvalue weighted by Crippen LogP contribution is -2.46. The van der Waals surface area contributed by atoms with Crippen LogP contribution >= 0.6 is 0 Å². The Morgan fingerprint density at radius 1 is 1.17 bits per heavy atom. The predicted molar refractivity (Wildman–Crippen MR) is 110 cm³/mol. The minimum Gasteiger partial charge on any atom is -0.348 e. The molecule has 1 N–H and O–H groups in total. The second kappa shape index (κ2) is 7.17. The molecule has 4 rings (SSSR count). The molecule has 152 valence electrons. The first-order valence-electron chi connectivity index (χ1n) is 10.2. The van der Waals surface area contributed by atoms with Gasteiger partial charge in [-0.2, -0.15) is 0 Å². The summed E-state index contributed by atoms with van der Waals surface area (Å²) >= 11 is 0.